The van der Waals surface area contributed by atoms with Crippen LogP contribution >= 0.6 is 0 Å². The highest BCUT2D eigenvalue weighted by Gasteiger charge is 2.21. The summed E-state index contributed by atoms with van der Waals surface area (Å²) in [6, 6.07) is 8.38. The van der Waals surface area contributed by atoms with Gasteiger partial charge < -0.3 is 10.5 Å². The summed E-state index contributed by atoms with van der Waals surface area (Å²) in [5.41, 5.74) is 8.26. The summed E-state index contributed by atoms with van der Waals surface area (Å²) in [6.45, 7) is 4.76. The number of rotatable bonds is 6. The first-order valence-electron chi connectivity index (χ1n) is 7.84. The Kier molecular flexibility index (Phi) is 4.75. The molecule has 1 aliphatic heterocycles. The van der Waals surface area contributed by atoms with E-state index in [1.165, 1.54) is 17.5 Å². The molecule has 0 spiro atoms. The van der Waals surface area contributed by atoms with Crippen molar-refractivity contribution < 1.29 is 4.74 Å². The summed E-state index contributed by atoms with van der Waals surface area (Å²) in [6.07, 6.45) is 4.98. The Balaban J connectivity index is 1.72. The minimum Gasteiger partial charge on any atom is -0.496 e. The van der Waals surface area contributed by atoms with Crippen molar-refractivity contribution in [3.05, 3.63) is 47.8 Å². The van der Waals surface area contributed by atoms with Crippen LogP contribution in [0.2, 0.25) is 0 Å². The van der Waals surface area contributed by atoms with Gasteiger partial charge in [-0.1, -0.05) is 6.07 Å². The molecule has 5 heteroatoms. The maximum atomic E-state index is 5.77. The number of likely N-dealkylation sites (tertiary alicyclic amines) is 1. The normalized spacial score (nSPS) is 18.7. The van der Waals surface area contributed by atoms with Gasteiger partial charge in [-0.25, -0.2) is 0 Å². The Hall–Kier alpha value is -1.85. The van der Waals surface area contributed by atoms with E-state index in [0.717, 1.165) is 38.5 Å². The average molecular weight is 300 g/mol. The van der Waals surface area contributed by atoms with Gasteiger partial charge in [-0.3, -0.25) is 9.58 Å². The Morgan fingerprint density at radius 2 is 2.27 bits per heavy atom. The topological polar surface area (TPSA) is 56.3 Å². The van der Waals surface area contributed by atoms with E-state index in [2.05, 4.69) is 28.2 Å². The molecule has 1 atom stereocenters. The van der Waals surface area contributed by atoms with E-state index >= 15 is 0 Å². The lowest BCUT2D eigenvalue weighted by atomic mass is 10.1. The highest BCUT2D eigenvalue weighted by atomic mass is 16.5. The molecule has 1 aromatic carbocycles. The third-order valence-corrected chi connectivity index (χ3v) is 4.35. The van der Waals surface area contributed by atoms with Crippen molar-refractivity contribution in [1.82, 2.24) is 14.7 Å². The third-order valence-electron chi connectivity index (χ3n) is 4.35. The number of ether oxygens (including phenoxy) is 1. The molecule has 2 aromatic rings. The number of nitrogens with two attached hydrogens (primary N) is 1. The summed E-state index contributed by atoms with van der Waals surface area (Å²) >= 11 is 0. The van der Waals surface area contributed by atoms with E-state index in [0.29, 0.717) is 5.92 Å². The van der Waals surface area contributed by atoms with Crippen LogP contribution in [-0.2, 0) is 13.1 Å². The molecule has 2 N–H and O–H groups in total. The zero-order valence-corrected chi connectivity index (χ0v) is 13.1. The maximum absolute atomic E-state index is 5.77. The first kappa shape index (κ1) is 15.1. The molecule has 1 aliphatic rings. The number of methoxy groups -OCH3 is 1. The molecule has 1 saturated heterocycles. The Morgan fingerprint density at radius 1 is 1.36 bits per heavy atom. The zero-order valence-electron chi connectivity index (χ0n) is 13.1. The largest absolute Gasteiger partial charge is 0.496 e. The van der Waals surface area contributed by atoms with Crippen molar-refractivity contribution in [2.75, 3.05) is 26.7 Å². The van der Waals surface area contributed by atoms with E-state index in [-0.39, 0.29) is 0 Å². The molecule has 3 rings (SSSR count). The molecule has 118 valence electrons. The number of hydrogen-bond acceptors (Lipinski definition) is 4. The van der Waals surface area contributed by atoms with Crippen LogP contribution in [0, 0.1) is 5.92 Å². The van der Waals surface area contributed by atoms with Gasteiger partial charge in [0.2, 0.25) is 0 Å². The van der Waals surface area contributed by atoms with Gasteiger partial charge in [0.1, 0.15) is 5.75 Å². The van der Waals surface area contributed by atoms with Gasteiger partial charge >= 0.3 is 0 Å². The fraction of sp³-hybridized carbons (Fsp3) is 0.471. The molecule has 2 heterocycles. The van der Waals surface area contributed by atoms with E-state index in [1.807, 2.05) is 16.9 Å². The van der Waals surface area contributed by atoms with Gasteiger partial charge in [-0.05, 0) is 49.2 Å². The van der Waals surface area contributed by atoms with Gasteiger partial charge in [0, 0.05) is 31.0 Å². The minimum absolute atomic E-state index is 0.654. The average Bonchev–Trinajstić information content (AvgIpc) is 3.19. The summed E-state index contributed by atoms with van der Waals surface area (Å²) in [5.74, 6) is 1.57. The number of aromatic nitrogens is 2. The van der Waals surface area contributed by atoms with E-state index < -0.39 is 0 Å². The standard InChI is InChI=1S/C17H24N4O/c1-22-17-4-3-14(11-20-8-5-15(10-18)12-20)9-16(17)13-21-7-2-6-19-21/h2-4,6-7,9,15H,5,8,10-13,18H2,1H3. The predicted molar refractivity (Wildman–Crippen MR) is 86.8 cm³/mol. The summed E-state index contributed by atoms with van der Waals surface area (Å²) in [5, 5.41) is 4.28. The Labute approximate surface area is 131 Å². The van der Waals surface area contributed by atoms with Crippen LogP contribution in [0.15, 0.2) is 36.7 Å². The molecule has 0 radical (unpaired) electrons. The Bertz CT molecular complexity index is 597. The molecule has 1 fully saturated rings. The highest BCUT2D eigenvalue weighted by molar-refractivity contribution is 5.37. The first-order chi connectivity index (χ1) is 10.8. The van der Waals surface area contributed by atoms with Crippen molar-refractivity contribution in [1.29, 1.82) is 0 Å². The quantitative estimate of drug-likeness (QED) is 0.882. The maximum Gasteiger partial charge on any atom is 0.123 e. The molecular weight excluding hydrogens is 276 g/mol. The van der Waals surface area contributed by atoms with Crippen LogP contribution in [0.4, 0.5) is 0 Å². The smallest absolute Gasteiger partial charge is 0.123 e. The van der Waals surface area contributed by atoms with Gasteiger partial charge in [0.25, 0.3) is 0 Å². The van der Waals surface area contributed by atoms with Crippen molar-refractivity contribution in [3.63, 3.8) is 0 Å². The van der Waals surface area contributed by atoms with Crippen LogP contribution in [0.3, 0.4) is 0 Å². The van der Waals surface area contributed by atoms with Crippen molar-refractivity contribution in [3.8, 4) is 5.75 Å². The minimum atomic E-state index is 0.654. The number of hydrogen-bond donors (Lipinski definition) is 1. The van der Waals surface area contributed by atoms with Crippen LogP contribution in [0.25, 0.3) is 0 Å². The van der Waals surface area contributed by atoms with E-state index in [1.54, 1.807) is 13.3 Å². The van der Waals surface area contributed by atoms with Gasteiger partial charge in [-0.15, -0.1) is 0 Å². The van der Waals surface area contributed by atoms with Crippen molar-refractivity contribution in [2.24, 2.45) is 11.7 Å². The Morgan fingerprint density at radius 3 is 2.95 bits per heavy atom. The van der Waals surface area contributed by atoms with Crippen LogP contribution in [0.1, 0.15) is 17.5 Å². The molecule has 0 aliphatic carbocycles. The SMILES string of the molecule is COc1ccc(CN2CCC(CN)C2)cc1Cn1cccn1. The predicted octanol–water partition coefficient (Wildman–Crippen LogP) is 1.72. The summed E-state index contributed by atoms with van der Waals surface area (Å²) in [7, 11) is 1.72. The fourth-order valence-corrected chi connectivity index (χ4v) is 3.13. The van der Waals surface area contributed by atoms with Crippen molar-refractivity contribution >= 4 is 0 Å². The fourth-order valence-electron chi connectivity index (χ4n) is 3.13. The van der Waals surface area contributed by atoms with Gasteiger partial charge in [-0.2, -0.15) is 5.10 Å². The second-order valence-electron chi connectivity index (χ2n) is 5.98. The monoisotopic (exact) mass is 300 g/mol. The summed E-state index contributed by atoms with van der Waals surface area (Å²) < 4.78 is 7.40. The van der Waals surface area contributed by atoms with Crippen molar-refractivity contribution in [2.45, 2.75) is 19.5 Å². The molecule has 22 heavy (non-hydrogen) atoms. The van der Waals surface area contributed by atoms with Crippen LogP contribution in [0.5, 0.6) is 5.75 Å². The molecular formula is C17H24N4O. The molecule has 0 bridgehead atoms. The molecule has 1 aromatic heterocycles. The first-order valence-corrected chi connectivity index (χ1v) is 7.84. The lowest BCUT2D eigenvalue weighted by Gasteiger charge is -2.17. The lowest BCUT2D eigenvalue weighted by Crippen LogP contribution is -2.22. The van der Waals surface area contributed by atoms with Gasteiger partial charge in [0.05, 0.1) is 13.7 Å². The van der Waals surface area contributed by atoms with Crippen LogP contribution < -0.4 is 10.5 Å². The zero-order chi connectivity index (χ0) is 15.4. The molecule has 0 saturated carbocycles. The molecule has 5 nitrogen and oxygen atoms in total. The van der Waals surface area contributed by atoms with Crippen LogP contribution in [-0.4, -0.2) is 41.4 Å². The summed E-state index contributed by atoms with van der Waals surface area (Å²) in [4.78, 5) is 2.48. The third kappa shape index (κ3) is 3.48. The highest BCUT2D eigenvalue weighted by Crippen LogP contribution is 2.23. The van der Waals surface area contributed by atoms with E-state index in [4.69, 9.17) is 10.5 Å². The molecule has 0 amide bonds. The lowest BCUT2D eigenvalue weighted by molar-refractivity contribution is 0.317. The van der Waals surface area contributed by atoms with Gasteiger partial charge in [0.15, 0.2) is 0 Å². The number of nitrogens with zero attached hydrogens (tertiary/aromatic N) is 3. The second kappa shape index (κ2) is 6.94. The number of benzene rings is 1. The molecule has 1 unspecified atom stereocenters. The second-order valence-corrected chi connectivity index (χ2v) is 5.98. The van der Waals surface area contributed by atoms with E-state index in [9.17, 15) is 0 Å².